The molecule has 0 unspecified atom stereocenters. The molecule has 0 bridgehead atoms. The summed E-state index contributed by atoms with van der Waals surface area (Å²) in [6, 6.07) is 10.4. The minimum atomic E-state index is -4.40. The number of alkyl halides is 3. The minimum absolute atomic E-state index is 0.148. The zero-order valence-corrected chi connectivity index (χ0v) is 19.0. The van der Waals surface area contributed by atoms with E-state index in [0.29, 0.717) is 53.8 Å². The number of pyridine rings is 1. The second-order valence-electron chi connectivity index (χ2n) is 8.74. The first-order valence-electron chi connectivity index (χ1n) is 11.0. The zero-order chi connectivity index (χ0) is 23.8. The molecule has 1 heterocycles. The lowest BCUT2D eigenvalue weighted by Crippen LogP contribution is -2.49. The predicted molar refractivity (Wildman–Crippen MR) is 124 cm³/mol. The highest BCUT2D eigenvalue weighted by Crippen LogP contribution is 2.45. The molecule has 0 saturated heterocycles. The number of nitrogens with one attached hydrogen (secondary N) is 1. The molecule has 3 N–H and O–H groups in total. The van der Waals surface area contributed by atoms with Gasteiger partial charge in [0, 0.05) is 23.0 Å². The highest BCUT2D eigenvalue weighted by molar-refractivity contribution is 6.32. The van der Waals surface area contributed by atoms with E-state index in [1.807, 2.05) is 6.92 Å². The first-order chi connectivity index (χ1) is 15.6. The van der Waals surface area contributed by atoms with E-state index in [0.717, 1.165) is 11.5 Å². The number of halogens is 4. The van der Waals surface area contributed by atoms with Crippen LogP contribution >= 0.6 is 11.6 Å². The minimum Gasteiger partial charge on any atom is -0.489 e. The summed E-state index contributed by atoms with van der Waals surface area (Å²) in [7, 11) is 0. The summed E-state index contributed by atoms with van der Waals surface area (Å²) in [5, 5.41) is 1.55. The van der Waals surface area contributed by atoms with E-state index in [1.54, 1.807) is 30.5 Å². The van der Waals surface area contributed by atoms with Crippen molar-refractivity contribution in [3.8, 4) is 5.75 Å². The molecule has 1 atom stereocenters. The van der Waals surface area contributed by atoms with E-state index in [-0.39, 0.29) is 17.7 Å². The predicted octanol–water partition coefficient (Wildman–Crippen LogP) is 6.20. The van der Waals surface area contributed by atoms with Crippen LogP contribution in [0.25, 0.3) is 10.8 Å². The van der Waals surface area contributed by atoms with Gasteiger partial charge in [0.25, 0.3) is 5.56 Å². The van der Waals surface area contributed by atoms with Crippen molar-refractivity contribution in [1.29, 1.82) is 0 Å². The zero-order valence-electron chi connectivity index (χ0n) is 18.2. The number of H-pyrrole nitrogens is 1. The van der Waals surface area contributed by atoms with Gasteiger partial charge in [-0.1, -0.05) is 36.7 Å². The Morgan fingerprint density at radius 3 is 2.61 bits per heavy atom. The molecular formula is C25H26ClF3N2O2. The number of ether oxygens (including phenoxy) is 1. The summed E-state index contributed by atoms with van der Waals surface area (Å²) in [5.41, 5.74) is 5.71. The van der Waals surface area contributed by atoms with Crippen molar-refractivity contribution in [3.63, 3.8) is 0 Å². The van der Waals surface area contributed by atoms with Gasteiger partial charge < -0.3 is 15.5 Å². The molecule has 4 nitrogen and oxygen atoms in total. The molecule has 1 aromatic heterocycles. The Labute approximate surface area is 194 Å². The summed E-state index contributed by atoms with van der Waals surface area (Å²) in [6.07, 6.45) is 0.164. The Kier molecular flexibility index (Phi) is 6.47. The molecule has 33 heavy (non-hydrogen) atoms. The first-order valence-corrected chi connectivity index (χ1v) is 11.4. The van der Waals surface area contributed by atoms with Crippen molar-refractivity contribution in [2.45, 2.75) is 62.8 Å². The summed E-state index contributed by atoms with van der Waals surface area (Å²) in [4.78, 5) is 14.6. The third-order valence-electron chi connectivity index (χ3n) is 6.86. The van der Waals surface area contributed by atoms with Gasteiger partial charge in [0.05, 0.1) is 16.7 Å². The van der Waals surface area contributed by atoms with Gasteiger partial charge in [0.2, 0.25) is 0 Å². The first kappa shape index (κ1) is 23.6. The third kappa shape index (κ3) is 4.62. The molecule has 3 aromatic rings. The van der Waals surface area contributed by atoms with Crippen LogP contribution in [0.2, 0.25) is 5.02 Å². The topological polar surface area (TPSA) is 68.1 Å². The van der Waals surface area contributed by atoms with Crippen molar-refractivity contribution >= 4 is 22.4 Å². The maximum Gasteiger partial charge on any atom is 0.416 e. The number of hydrogen-bond acceptors (Lipinski definition) is 3. The van der Waals surface area contributed by atoms with Gasteiger partial charge in [-0.05, 0) is 67.3 Å². The smallest absolute Gasteiger partial charge is 0.416 e. The van der Waals surface area contributed by atoms with E-state index in [4.69, 9.17) is 22.1 Å². The Bertz CT molecular complexity index is 1200. The van der Waals surface area contributed by atoms with Crippen LogP contribution in [0.1, 0.15) is 50.2 Å². The van der Waals surface area contributed by atoms with Crippen LogP contribution in [0.15, 0.2) is 53.5 Å². The van der Waals surface area contributed by atoms with Crippen LogP contribution in [0, 0.1) is 0 Å². The van der Waals surface area contributed by atoms with E-state index < -0.39 is 17.2 Å². The fraction of sp³-hybridized carbons (Fsp3) is 0.400. The second kappa shape index (κ2) is 9.03. The molecule has 1 aliphatic carbocycles. The number of rotatable bonds is 5. The maximum atomic E-state index is 13.3. The van der Waals surface area contributed by atoms with Gasteiger partial charge in [-0.15, -0.1) is 0 Å². The van der Waals surface area contributed by atoms with Crippen molar-refractivity contribution in [2.24, 2.45) is 5.73 Å². The van der Waals surface area contributed by atoms with Gasteiger partial charge in [0.15, 0.2) is 0 Å². The van der Waals surface area contributed by atoms with Crippen molar-refractivity contribution in [3.05, 3.63) is 75.2 Å². The lowest BCUT2D eigenvalue weighted by molar-refractivity contribution is -0.137. The SMILES string of the molecule is CC[C@@H](N)C1(c2cccc(C(F)(F)F)c2)CCC(Oc2cc3cc[nH]c(=O)c3cc2Cl)CC1. The van der Waals surface area contributed by atoms with Crippen LogP contribution in [0.5, 0.6) is 5.75 Å². The highest BCUT2D eigenvalue weighted by Gasteiger charge is 2.43. The monoisotopic (exact) mass is 478 g/mol. The van der Waals surface area contributed by atoms with E-state index in [9.17, 15) is 18.0 Å². The Morgan fingerprint density at radius 1 is 1.21 bits per heavy atom. The van der Waals surface area contributed by atoms with Crippen molar-refractivity contribution in [1.82, 2.24) is 4.98 Å². The van der Waals surface area contributed by atoms with Crippen LogP contribution in [-0.2, 0) is 11.6 Å². The summed E-state index contributed by atoms with van der Waals surface area (Å²) >= 11 is 6.38. The molecule has 0 aliphatic heterocycles. The molecule has 2 aromatic carbocycles. The molecular weight excluding hydrogens is 453 g/mol. The summed E-state index contributed by atoms with van der Waals surface area (Å²) < 4.78 is 46.2. The second-order valence-corrected chi connectivity index (χ2v) is 9.15. The third-order valence-corrected chi connectivity index (χ3v) is 7.15. The van der Waals surface area contributed by atoms with Gasteiger partial charge in [-0.2, -0.15) is 13.2 Å². The molecule has 0 radical (unpaired) electrons. The molecule has 0 amide bonds. The van der Waals surface area contributed by atoms with Crippen molar-refractivity contribution in [2.75, 3.05) is 0 Å². The van der Waals surface area contributed by atoms with E-state index >= 15 is 0 Å². The van der Waals surface area contributed by atoms with Crippen LogP contribution < -0.4 is 16.0 Å². The summed E-state index contributed by atoms with van der Waals surface area (Å²) in [6.45, 7) is 1.96. The number of aromatic amines is 1. The highest BCUT2D eigenvalue weighted by atomic mass is 35.5. The Morgan fingerprint density at radius 2 is 1.94 bits per heavy atom. The number of fused-ring (bicyclic) bond motifs is 1. The lowest BCUT2D eigenvalue weighted by Gasteiger charge is -2.44. The van der Waals surface area contributed by atoms with Gasteiger partial charge >= 0.3 is 6.18 Å². The standard InChI is InChI=1S/C25H26ClF3N2O2/c1-2-22(30)24(16-4-3-5-17(13-16)25(27,28)29)9-6-18(7-10-24)33-21-12-15-8-11-31-23(32)19(15)14-20(21)26/h3-5,8,11-14,18,22H,2,6-7,9-10,30H2,1H3,(H,31,32)/t18?,22-,24?/m1/s1. The Balaban J connectivity index is 1.57. The lowest BCUT2D eigenvalue weighted by atomic mass is 9.63. The maximum absolute atomic E-state index is 13.3. The number of hydrogen-bond donors (Lipinski definition) is 2. The van der Waals surface area contributed by atoms with Gasteiger partial charge in [0.1, 0.15) is 5.75 Å². The molecule has 1 saturated carbocycles. The molecule has 4 rings (SSSR count). The fourth-order valence-corrected chi connectivity index (χ4v) is 5.16. The largest absolute Gasteiger partial charge is 0.489 e. The van der Waals surface area contributed by atoms with Crippen LogP contribution in [0.4, 0.5) is 13.2 Å². The Hall–Kier alpha value is -2.51. The van der Waals surface area contributed by atoms with E-state index in [2.05, 4.69) is 4.98 Å². The van der Waals surface area contributed by atoms with Crippen LogP contribution in [-0.4, -0.2) is 17.1 Å². The molecule has 8 heteroatoms. The van der Waals surface area contributed by atoms with Crippen molar-refractivity contribution < 1.29 is 17.9 Å². The summed E-state index contributed by atoms with van der Waals surface area (Å²) in [5.74, 6) is 0.492. The average molecular weight is 479 g/mol. The number of aromatic nitrogens is 1. The molecule has 176 valence electrons. The normalized spacial score (nSPS) is 22.3. The molecule has 1 aliphatic rings. The van der Waals surface area contributed by atoms with E-state index in [1.165, 1.54) is 12.1 Å². The van der Waals surface area contributed by atoms with Gasteiger partial charge in [-0.3, -0.25) is 4.79 Å². The van der Waals surface area contributed by atoms with Crippen LogP contribution in [0.3, 0.4) is 0 Å². The molecule has 0 spiro atoms. The quantitative estimate of drug-likeness (QED) is 0.459. The van der Waals surface area contributed by atoms with Gasteiger partial charge in [-0.25, -0.2) is 0 Å². The average Bonchev–Trinajstić information content (AvgIpc) is 2.80. The number of benzene rings is 2. The number of nitrogens with two attached hydrogens (primary N) is 1. The fourth-order valence-electron chi connectivity index (χ4n) is 4.95. The molecule has 1 fully saturated rings.